The van der Waals surface area contributed by atoms with Crippen molar-refractivity contribution in [1.82, 2.24) is 9.78 Å². The highest BCUT2D eigenvalue weighted by Crippen LogP contribution is 2.08. The molecular formula is C7H10N4. The second kappa shape index (κ2) is 3.06. The van der Waals surface area contributed by atoms with Crippen LogP contribution in [0.2, 0.25) is 0 Å². The normalized spacial score (nSPS) is 9.45. The Balaban J connectivity index is 2.72. The van der Waals surface area contributed by atoms with Gasteiger partial charge in [-0.1, -0.05) is 0 Å². The van der Waals surface area contributed by atoms with E-state index in [0.29, 0.717) is 18.7 Å². The predicted molar refractivity (Wildman–Crippen MR) is 41.6 cm³/mol. The maximum atomic E-state index is 8.30. The zero-order valence-corrected chi connectivity index (χ0v) is 6.41. The first-order chi connectivity index (χ1) is 5.25. The van der Waals surface area contributed by atoms with Crippen LogP contribution in [-0.2, 0) is 6.54 Å². The number of nitrogens with two attached hydrogens (primary N) is 1. The van der Waals surface area contributed by atoms with Crippen LogP contribution in [0.5, 0.6) is 0 Å². The van der Waals surface area contributed by atoms with E-state index in [-0.39, 0.29) is 0 Å². The van der Waals surface area contributed by atoms with Gasteiger partial charge in [-0.3, -0.25) is 4.68 Å². The monoisotopic (exact) mass is 150 g/mol. The molecule has 0 fully saturated rings. The van der Waals surface area contributed by atoms with Crippen LogP contribution < -0.4 is 5.73 Å². The van der Waals surface area contributed by atoms with Crippen molar-refractivity contribution in [3.8, 4) is 6.07 Å². The third-order valence-electron chi connectivity index (χ3n) is 1.58. The zero-order valence-electron chi connectivity index (χ0n) is 6.41. The molecule has 11 heavy (non-hydrogen) atoms. The average molecular weight is 150 g/mol. The quantitative estimate of drug-likeness (QED) is 0.674. The lowest BCUT2D eigenvalue weighted by Gasteiger charge is -1.98. The number of aromatic nitrogens is 2. The molecule has 1 rings (SSSR count). The Morgan fingerprint density at radius 1 is 1.82 bits per heavy atom. The van der Waals surface area contributed by atoms with Gasteiger partial charge in [-0.2, -0.15) is 10.4 Å². The number of nitrogens with zero attached hydrogens (tertiary/aromatic N) is 3. The van der Waals surface area contributed by atoms with Crippen molar-refractivity contribution in [2.75, 3.05) is 5.73 Å². The van der Waals surface area contributed by atoms with Crippen LogP contribution in [0.15, 0.2) is 6.20 Å². The molecule has 58 valence electrons. The molecule has 0 saturated carbocycles. The fourth-order valence-corrected chi connectivity index (χ4v) is 0.842. The van der Waals surface area contributed by atoms with Crippen molar-refractivity contribution in [2.45, 2.75) is 19.9 Å². The summed E-state index contributed by atoms with van der Waals surface area (Å²) in [7, 11) is 0. The molecular weight excluding hydrogens is 140 g/mol. The lowest BCUT2D eigenvalue weighted by atomic mass is 10.4. The molecule has 0 atom stereocenters. The van der Waals surface area contributed by atoms with Gasteiger partial charge in [0.2, 0.25) is 0 Å². The van der Waals surface area contributed by atoms with Crippen molar-refractivity contribution in [3.63, 3.8) is 0 Å². The van der Waals surface area contributed by atoms with E-state index in [2.05, 4.69) is 11.2 Å². The second-order valence-electron chi connectivity index (χ2n) is 2.32. The molecule has 1 aromatic heterocycles. The van der Waals surface area contributed by atoms with E-state index in [1.807, 2.05) is 6.92 Å². The van der Waals surface area contributed by atoms with E-state index >= 15 is 0 Å². The molecule has 0 aromatic carbocycles. The van der Waals surface area contributed by atoms with Gasteiger partial charge in [0.05, 0.1) is 36.6 Å². The predicted octanol–water partition coefficient (Wildman–Crippen LogP) is 0.687. The summed E-state index contributed by atoms with van der Waals surface area (Å²) in [4.78, 5) is 0. The van der Waals surface area contributed by atoms with Crippen molar-refractivity contribution in [2.24, 2.45) is 0 Å². The maximum absolute atomic E-state index is 8.30. The number of nitriles is 1. The number of anilines is 1. The third-order valence-corrected chi connectivity index (χ3v) is 1.58. The lowest BCUT2D eigenvalue weighted by Crippen LogP contribution is -2.01. The Morgan fingerprint density at radius 2 is 2.55 bits per heavy atom. The van der Waals surface area contributed by atoms with Crippen LogP contribution in [0.25, 0.3) is 0 Å². The molecule has 1 heterocycles. The first kappa shape index (κ1) is 7.61. The lowest BCUT2D eigenvalue weighted by molar-refractivity contribution is 0.610. The summed E-state index contributed by atoms with van der Waals surface area (Å²) in [6.07, 6.45) is 2.08. The van der Waals surface area contributed by atoms with Gasteiger partial charge in [0.1, 0.15) is 0 Å². The van der Waals surface area contributed by atoms with E-state index in [0.717, 1.165) is 5.69 Å². The van der Waals surface area contributed by atoms with Crippen molar-refractivity contribution in [1.29, 1.82) is 5.26 Å². The molecule has 0 aliphatic heterocycles. The minimum atomic E-state index is 0.474. The minimum Gasteiger partial charge on any atom is -0.396 e. The van der Waals surface area contributed by atoms with Gasteiger partial charge in [-0.15, -0.1) is 0 Å². The van der Waals surface area contributed by atoms with Crippen LogP contribution in [0.4, 0.5) is 5.69 Å². The SMILES string of the molecule is Cc1c(N)cnn1CCC#N. The second-order valence-corrected chi connectivity index (χ2v) is 2.32. The number of hydrogen-bond acceptors (Lipinski definition) is 3. The first-order valence-corrected chi connectivity index (χ1v) is 3.40. The zero-order chi connectivity index (χ0) is 8.27. The molecule has 0 bridgehead atoms. The molecule has 0 unspecified atom stereocenters. The standard InChI is InChI=1S/C7H10N4/c1-6-7(9)5-10-11(6)4-2-3-8/h5H,2,4,9H2,1H3. The number of hydrogen-bond donors (Lipinski definition) is 1. The summed E-state index contributed by atoms with van der Waals surface area (Å²) in [6.45, 7) is 2.51. The molecule has 4 heteroatoms. The Bertz CT molecular complexity index is 281. The summed E-state index contributed by atoms with van der Waals surface area (Å²) < 4.78 is 1.73. The van der Waals surface area contributed by atoms with E-state index < -0.39 is 0 Å². The fraction of sp³-hybridized carbons (Fsp3) is 0.429. The van der Waals surface area contributed by atoms with E-state index in [1.54, 1.807) is 10.9 Å². The summed E-state index contributed by atoms with van der Waals surface area (Å²) >= 11 is 0. The topological polar surface area (TPSA) is 67.6 Å². The summed E-state index contributed by atoms with van der Waals surface area (Å²) in [5.41, 5.74) is 7.16. The van der Waals surface area contributed by atoms with Crippen LogP contribution >= 0.6 is 0 Å². The minimum absolute atomic E-state index is 0.474. The van der Waals surface area contributed by atoms with Crippen LogP contribution in [0, 0.1) is 18.3 Å². The Morgan fingerprint density at radius 3 is 3.00 bits per heavy atom. The van der Waals surface area contributed by atoms with Gasteiger partial charge in [0, 0.05) is 0 Å². The summed E-state index contributed by atoms with van der Waals surface area (Å²) in [5, 5.41) is 12.3. The number of rotatable bonds is 2. The maximum Gasteiger partial charge on any atom is 0.0730 e. The summed E-state index contributed by atoms with van der Waals surface area (Å²) in [5.74, 6) is 0. The molecule has 0 radical (unpaired) electrons. The third kappa shape index (κ3) is 1.49. The Labute approximate surface area is 65.2 Å². The molecule has 4 nitrogen and oxygen atoms in total. The van der Waals surface area contributed by atoms with E-state index in [9.17, 15) is 0 Å². The van der Waals surface area contributed by atoms with E-state index in [4.69, 9.17) is 11.0 Å². The largest absolute Gasteiger partial charge is 0.396 e. The molecule has 1 aromatic rings. The van der Waals surface area contributed by atoms with Gasteiger partial charge in [0.25, 0.3) is 0 Å². The average Bonchev–Trinajstić information content (AvgIpc) is 2.31. The summed E-state index contributed by atoms with van der Waals surface area (Å²) in [6, 6.07) is 2.05. The molecule has 0 aliphatic rings. The Hall–Kier alpha value is -1.50. The van der Waals surface area contributed by atoms with Crippen LogP contribution in [-0.4, -0.2) is 9.78 Å². The smallest absolute Gasteiger partial charge is 0.0730 e. The van der Waals surface area contributed by atoms with Crippen molar-refractivity contribution < 1.29 is 0 Å². The van der Waals surface area contributed by atoms with Gasteiger partial charge < -0.3 is 5.73 Å². The van der Waals surface area contributed by atoms with Crippen LogP contribution in [0.3, 0.4) is 0 Å². The van der Waals surface area contributed by atoms with Crippen molar-refractivity contribution in [3.05, 3.63) is 11.9 Å². The van der Waals surface area contributed by atoms with Crippen molar-refractivity contribution >= 4 is 5.69 Å². The molecule has 0 saturated heterocycles. The molecule has 0 aliphatic carbocycles. The first-order valence-electron chi connectivity index (χ1n) is 3.40. The molecule has 0 spiro atoms. The van der Waals surface area contributed by atoms with Gasteiger partial charge >= 0.3 is 0 Å². The molecule has 0 amide bonds. The highest BCUT2D eigenvalue weighted by Gasteiger charge is 2.00. The van der Waals surface area contributed by atoms with Gasteiger partial charge in [-0.05, 0) is 6.92 Å². The highest BCUT2D eigenvalue weighted by atomic mass is 15.3. The Kier molecular flexibility index (Phi) is 2.12. The number of nitrogen functional groups attached to an aromatic ring is 1. The molecule has 2 N–H and O–H groups in total. The van der Waals surface area contributed by atoms with Gasteiger partial charge in [-0.25, -0.2) is 0 Å². The fourth-order valence-electron chi connectivity index (χ4n) is 0.842. The number of aryl methyl sites for hydroxylation is 1. The highest BCUT2D eigenvalue weighted by molar-refractivity contribution is 5.39. The van der Waals surface area contributed by atoms with Crippen LogP contribution in [0.1, 0.15) is 12.1 Å². The van der Waals surface area contributed by atoms with Gasteiger partial charge in [0.15, 0.2) is 0 Å². The van der Waals surface area contributed by atoms with E-state index in [1.165, 1.54) is 0 Å².